The number of aliphatic carboxylic acids is 1. The molecular weight excluding hydrogens is 214 g/mol. The Morgan fingerprint density at radius 2 is 2.00 bits per heavy atom. The maximum Gasteiger partial charge on any atom is 0.305 e. The smallest absolute Gasteiger partial charge is 0.305 e. The normalized spacial score (nSPS) is 11.7. The molecular formula is C9H17N3O4. The van der Waals surface area contributed by atoms with E-state index in [-0.39, 0.29) is 18.9 Å². The number of carboxylic acids is 1. The summed E-state index contributed by atoms with van der Waals surface area (Å²) < 4.78 is 0. The largest absolute Gasteiger partial charge is 0.481 e. The molecule has 0 radical (unpaired) electrons. The van der Waals surface area contributed by atoms with Crippen molar-refractivity contribution in [2.45, 2.75) is 18.9 Å². The van der Waals surface area contributed by atoms with Gasteiger partial charge >= 0.3 is 5.97 Å². The summed E-state index contributed by atoms with van der Waals surface area (Å²) in [5, 5.41) is 10.9. The lowest BCUT2D eigenvalue weighted by molar-refractivity contribution is -0.141. The zero-order valence-electron chi connectivity index (χ0n) is 9.40. The first-order valence-corrected chi connectivity index (χ1v) is 4.81. The van der Waals surface area contributed by atoms with Crippen LogP contribution in [0.5, 0.6) is 0 Å². The molecule has 92 valence electrons. The fraction of sp³-hybridized carbons (Fsp3) is 0.667. The fourth-order valence-corrected chi connectivity index (χ4v) is 1.06. The highest BCUT2D eigenvalue weighted by atomic mass is 16.4. The van der Waals surface area contributed by atoms with Crippen LogP contribution in [0.1, 0.15) is 12.8 Å². The summed E-state index contributed by atoms with van der Waals surface area (Å²) in [7, 11) is 2.98. The van der Waals surface area contributed by atoms with Crippen LogP contribution < -0.4 is 11.1 Å². The lowest BCUT2D eigenvalue weighted by Crippen LogP contribution is -2.44. The van der Waals surface area contributed by atoms with Crippen molar-refractivity contribution in [1.29, 1.82) is 0 Å². The average molecular weight is 231 g/mol. The molecule has 0 rings (SSSR count). The van der Waals surface area contributed by atoms with E-state index >= 15 is 0 Å². The third kappa shape index (κ3) is 5.30. The molecule has 7 nitrogen and oxygen atoms in total. The van der Waals surface area contributed by atoms with Gasteiger partial charge in [-0.25, -0.2) is 0 Å². The highest BCUT2D eigenvalue weighted by molar-refractivity contribution is 5.86. The van der Waals surface area contributed by atoms with Crippen molar-refractivity contribution in [3.8, 4) is 0 Å². The van der Waals surface area contributed by atoms with E-state index < -0.39 is 24.3 Å². The molecule has 0 aromatic heterocycles. The Labute approximate surface area is 93.6 Å². The second kappa shape index (κ2) is 6.78. The summed E-state index contributed by atoms with van der Waals surface area (Å²) in [5.74, 6) is -1.79. The van der Waals surface area contributed by atoms with Crippen molar-refractivity contribution in [2.24, 2.45) is 5.73 Å². The number of likely N-dealkylation sites (N-methyl/N-ethyl adjacent to an activating group) is 1. The second-order valence-electron chi connectivity index (χ2n) is 3.39. The molecule has 0 aliphatic carbocycles. The van der Waals surface area contributed by atoms with Crippen molar-refractivity contribution < 1.29 is 19.5 Å². The van der Waals surface area contributed by atoms with Gasteiger partial charge in [0.25, 0.3) is 0 Å². The summed E-state index contributed by atoms with van der Waals surface area (Å²) in [6, 6.07) is -1.06. The lowest BCUT2D eigenvalue weighted by Gasteiger charge is -2.19. The van der Waals surface area contributed by atoms with Gasteiger partial charge in [0.2, 0.25) is 11.8 Å². The predicted octanol–water partition coefficient (Wildman–Crippen LogP) is -1.62. The van der Waals surface area contributed by atoms with Gasteiger partial charge in [-0.3, -0.25) is 14.4 Å². The zero-order valence-corrected chi connectivity index (χ0v) is 9.40. The Kier molecular flexibility index (Phi) is 6.09. The van der Waals surface area contributed by atoms with Gasteiger partial charge in [0.15, 0.2) is 0 Å². The first-order chi connectivity index (χ1) is 7.38. The molecule has 0 bridgehead atoms. The van der Waals surface area contributed by atoms with E-state index in [0.717, 1.165) is 0 Å². The quantitative estimate of drug-likeness (QED) is 0.508. The first-order valence-electron chi connectivity index (χ1n) is 4.81. The maximum atomic E-state index is 11.5. The second-order valence-corrected chi connectivity index (χ2v) is 3.39. The fourth-order valence-electron chi connectivity index (χ4n) is 1.06. The molecule has 1 unspecified atom stereocenters. The van der Waals surface area contributed by atoms with Gasteiger partial charge in [0, 0.05) is 27.1 Å². The molecule has 0 aromatic rings. The molecule has 0 spiro atoms. The highest BCUT2D eigenvalue weighted by Crippen LogP contribution is 1.96. The minimum Gasteiger partial charge on any atom is -0.481 e. The van der Waals surface area contributed by atoms with E-state index in [2.05, 4.69) is 5.32 Å². The monoisotopic (exact) mass is 231 g/mol. The minimum absolute atomic E-state index is 0.165. The number of amides is 2. The van der Waals surface area contributed by atoms with Gasteiger partial charge in [-0.1, -0.05) is 0 Å². The van der Waals surface area contributed by atoms with Gasteiger partial charge in [-0.2, -0.15) is 0 Å². The van der Waals surface area contributed by atoms with E-state index in [1.54, 1.807) is 0 Å². The highest BCUT2D eigenvalue weighted by Gasteiger charge is 2.20. The van der Waals surface area contributed by atoms with Crippen molar-refractivity contribution in [2.75, 3.05) is 20.6 Å². The van der Waals surface area contributed by atoms with Gasteiger partial charge in [0.05, 0.1) is 12.5 Å². The summed E-state index contributed by atoms with van der Waals surface area (Å²) in [6.07, 6.45) is -0.248. The van der Waals surface area contributed by atoms with E-state index in [1.807, 2.05) is 0 Å². The number of nitrogens with two attached hydrogens (primary N) is 1. The Hall–Kier alpha value is -1.63. The van der Waals surface area contributed by atoms with Crippen LogP contribution >= 0.6 is 0 Å². The molecule has 7 heteroatoms. The van der Waals surface area contributed by atoms with Crippen molar-refractivity contribution in [3.05, 3.63) is 0 Å². The summed E-state index contributed by atoms with van der Waals surface area (Å²) in [4.78, 5) is 34.0. The molecule has 0 aromatic carbocycles. The van der Waals surface area contributed by atoms with Crippen molar-refractivity contribution >= 4 is 17.8 Å². The minimum atomic E-state index is -1.12. The number of hydrogen-bond donors (Lipinski definition) is 3. The summed E-state index contributed by atoms with van der Waals surface area (Å²) in [5.41, 5.74) is 5.39. The van der Waals surface area contributed by atoms with Gasteiger partial charge in [-0.05, 0) is 0 Å². The Morgan fingerprint density at radius 3 is 2.44 bits per heavy atom. The number of nitrogens with one attached hydrogen (secondary N) is 1. The molecule has 0 heterocycles. The molecule has 2 amide bonds. The number of carboxylic acid groups (broad SMARTS) is 1. The molecule has 16 heavy (non-hydrogen) atoms. The molecule has 0 saturated carbocycles. The van der Waals surface area contributed by atoms with Crippen LogP contribution in [0, 0.1) is 0 Å². The van der Waals surface area contributed by atoms with Crippen LogP contribution in [0.25, 0.3) is 0 Å². The van der Waals surface area contributed by atoms with Crippen molar-refractivity contribution in [3.63, 3.8) is 0 Å². The Morgan fingerprint density at radius 1 is 1.44 bits per heavy atom. The summed E-state index contributed by atoms with van der Waals surface area (Å²) >= 11 is 0. The third-order valence-electron chi connectivity index (χ3n) is 2.04. The van der Waals surface area contributed by atoms with E-state index in [4.69, 9.17) is 10.8 Å². The number of rotatable bonds is 6. The summed E-state index contributed by atoms with van der Waals surface area (Å²) in [6.45, 7) is 0.214. The number of hydrogen-bond acceptors (Lipinski definition) is 4. The molecule has 0 fully saturated rings. The lowest BCUT2D eigenvalue weighted by atomic mass is 10.2. The van der Waals surface area contributed by atoms with Crippen LogP contribution in [0.4, 0.5) is 0 Å². The van der Waals surface area contributed by atoms with E-state index in [0.29, 0.717) is 0 Å². The number of nitrogens with zero attached hydrogens (tertiary/aromatic N) is 1. The molecule has 0 saturated heterocycles. The SMILES string of the molecule is CNC(=O)CCN(C)C(=O)C(N)CC(=O)O. The number of carbonyl (C=O) groups is 3. The number of carbonyl (C=O) groups excluding carboxylic acids is 2. The average Bonchev–Trinajstić information content (AvgIpc) is 2.23. The standard InChI is InChI=1S/C9H17N3O4/c1-11-7(13)3-4-12(2)9(16)6(10)5-8(14)15/h6H,3-5,10H2,1-2H3,(H,11,13)(H,14,15). The molecule has 4 N–H and O–H groups in total. The van der Waals surface area contributed by atoms with Gasteiger partial charge in [0.1, 0.15) is 0 Å². The van der Waals surface area contributed by atoms with E-state index in [9.17, 15) is 14.4 Å². The van der Waals surface area contributed by atoms with Crippen LogP contribution in [0.3, 0.4) is 0 Å². The Bertz CT molecular complexity index is 280. The molecule has 0 aliphatic rings. The maximum absolute atomic E-state index is 11.5. The Balaban J connectivity index is 4.07. The van der Waals surface area contributed by atoms with Gasteiger partial charge in [-0.15, -0.1) is 0 Å². The topological polar surface area (TPSA) is 113 Å². The zero-order chi connectivity index (χ0) is 12.7. The third-order valence-corrected chi connectivity index (χ3v) is 2.04. The van der Waals surface area contributed by atoms with Crippen molar-refractivity contribution in [1.82, 2.24) is 10.2 Å². The predicted molar refractivity (Wildman–Crippen MR) is 56.5 cm³/mol. The van der Waals surface area contributed by atoms with E-state index in [1.165, 1.54) is 19.0 Å². The van der Waals surface area contributed by atoms with Crippen LogP contribution in [0.2, 0.25) is 0 Å². The molecule has 1 atom stereocenters. The molecule has 0 aliphatic heterocycles. The van der Waals surface area contributed by atoms with Crippen LogP contribution in [-0.4, -0.2) is 54.5 Å². The van der Waals surface area contributed by atoms with Gasteiger partial charge < -0.3 is 21.1 Å². The van der Waals surface area contributed by atoms with Crippen LogP contribution in [0.15, 0.2) is 0 Å². The first kappa shape index (κ1) is 14.4. The van der Waals surface area contributed by atoms with Crippen LogP contribution in [-0.2, 0) is 14.4 Å².